The zero-order chi connectivity index (χ0) is 13.8. The normalized spacial score (nSPS) is 31.4. The lowest BCUT2D eigenvalue weighted by atomic mass is 9.81. The second-order valence-corrected chi connectivity index (χ2v) is 6.58. The molecule has 5 heteroatoms. The van der Waals surface area contributed by atoms with Crippen LogP contribution in [0, 0.1) is 11.8 Å². The smallest absolute Gasteiger partial charge is 0.306 e. The molecule has 1 heterocycles. The second kappa shape index (κ2) is 6.64. The molecule has 1 unspecified atom stereocenters. The van der Waals surface area contributed by atoms with E-state index in [9.17, 15) is 9.59 Å². The zero-order valence-corrected chi connectivity index (χ0v) is 12.3. The van der Waals surface area contributed by atoms with Crippen molar-refractivity contribution in [3.8, 4) is 0 Å². The minimum absolute atomic E-state index is 0.0676. The van der Waals surface area contributed by atoms with Crippen LogP contribution in [0.25, 0.3) is 0 Å². The van der Waals surface area contributed by atoms with Crippen molar-refractivity contribution in [2.24, 2.45) is 11.8 Å². The quantitative estimate of drug-likeness (QED) is 0.860. The van der Waals surface area contributed by atoms with Crippen LogP contribution in [0.1, 0.15) is 38.5 Å². The maximum Gasteiger partial charge on any atom is 0.306 e. The van der Waals surface area contributed by atoms with E-state index in [4.69, 9.17) is 5.11 Å². The molecule has 4 nitrogen and oxygen atoms in total. The summed E-state index contributed by atoms with van der Waals surface area (Å²) in [6, 6.07) is 0.402. The molecule has 1 saturated heterocycles. The number of thioether (sulfide) groups is 1. The largest absolute Gasteiger partial charge is 0.481 e. The van der Waals surface area contributed by atoms with Gasteiger partial charge in [-0.1, -0.05) is 0 Å². The van der Waals surface area contributed by atoms with Gasteiger partial charge in [-0.05, 0) is 44.8 Å². The Morgan fingerprint density at radius 1 is 1.16 bits per heavy atom. The summed E-state index contributed by atoms with van der Waals surface area (Å²) in [5, 5.41) is 8.99. The van der Waals surface area contributed by atoms with Crippen LogP contribution in [0.5, 0.6) is 0 Å². The molecule has 0 bridgehead atoms. The van der Waals surface area contributed by atoms with Crippen molar-refractivity contribution in [3.05, 3.63) is 0 Å². The molecule has 2 fully saturated rings. The number of amides is 1. The molecular weight excluding hydrogens is 262 g/mol. The Morgan fingerprint density at radius 2 is 1.79 bits per heavy atom. The number of nitrogens with zero attached hydrogens (tertiary/aromatic N) is 1. The van der Waals surface area contributed by atoms with E-state index in [1.807, 2.05) is 0 Å². The molecule has 2 rings (SSSR count). The van der Waals surface area contributed by atoms with Gasteiger partial charge in [0.2, 0.25) is 5.91 Å². The molecule has 108 valence electrons. The number of aliphatic carboxylic acids is 1. The number of likely N-dealkylation sites (tertiary alicyclic amines) is 1. The topological polar surface area (TPSA) is 57.6 Å². The molecule has 19 heavy (non-hydrogen) atoms. The number of hydrogen-bond donors (Lipinski definition) is 1. The molecule has 2 aliphatic rings. The van der Waals surface area contributed by atoms with Crippen molar-refractivity contribution in [1.29, 1.82) is 0 Å². The van der Waals surface area contributed by atoms with Crippen LogP contribution in [0.3, 0.4) is 0 Å². The molecule has 1 atom stereocenters. The van der Waals surface area contributed by atoms with Crippen LogP contribution in [0.2, 0.25) is 0 Å². The SMILES string of the molecule is CSCC1CCCN1C(=O)C1CCC(C(=O)O)CC1. The van der Waals surface area contributed by atoms with Gasteiger partial charge in [0.25, 0.3) is 0 Å². The molecule has 0 spiro atoms. The maximum atomic E-state index is 12.5. The summed E-state index contributed by atoms with van der Waals surface area (Å²) in [6.07, 6.45) is 7.13. The van der Waals surface area contributed by atoms with Crippen LogP contribution in [0.4, 0.5) is 0 Å². The summed E-state index contributed by atoms with van der Waals surface area (Å²) in [7, 11) is 0. The summed E-state index contributed by atoms with van der Waals surface area (Å²) in [5.74, 6) is 0.436. The van der Waals surface area contributed by atoms with Gasteiger partial charge in [-0.15, -0.1) is 0 Å². The van der Waals surface area contributed by atoms with E-state index in [0.29, 0.717) is 18.9 Å². The van der Waals surface area contributed by atoms with E-state index in [2.05, 4.69) is 11.2 Å². The zero-order valence-electron chi connectivity index (χ0n) is 11.5. The fourth-order valence-electron chi connectivity index (χ4n) is 3.31. The molecular formula is C14H23NO3S. The molecule has 0 radical (unpaired) electrons. The van der Waals surface area contributed by atoms with E-state index in [0.717, 1.165) is 38.0 Å². The van der Waals surface area contributed by atoms with E-state index >= 15 is 0 Å². The van der Waals surface area contributed by atoms with Crippen molar-refractivity contribution < 1.29 is 14.7 Å². The van der Waals surface area contributed by atoms with Gasteiger partial charge in [0, 0.05) is 24.3 Å². The van der Waals surface area contributed by atoms with E-state index < -0.39 is 5.97 Å². The van der Waals surface area contributed by atoms with Gasteiger partial charge >= 0.3 is 5.97 Å². The van der Waals surface area contributed by atoms with Gasteiger partial charge in [0.05, 0.1) is 5.92 Å². The van der Waals surface area contributed by atoms with Gasteiger partial charge in [-0.25, -0.2) is 0 Å². The van der Waals surface area contributed by atoms with Crippen LogP contribution >= 0.6 is 11.8 Å². The summed E-state index contributed by atoms with van der Waals surface area (Å²) in [4.78, 5) is 25.5. The number of carbonyl (C=O) groups excluding carboxylic acids is 1. The number of carboxylic acids is 1. The molecule has 1 aliphatic carbocycles. The molecule has 1 aliphatic heterocycles. The molecule has 1 saturated carbocycles. The van der Waals surface area contributed by atoms with Crippen molar-refractivity contribution in [1.82, 2.24) is 4.90 Å². The number of hydrogen-bond acceptors (Lipinski definition) is 3. The first kappa shape index (κ1) is 14.7. The molecule has 0 aromatic rings. The van der Waals surface area contributed by atoms with Crippen LogP contribution in [0.15, 0.2) is 0 Å². The van der Waals surface area contributed by atoms with Gasteiger partial charge in [0.1, 0.15) is 0 Å². The van der Waals surface area contributed by atoms with Crippen LogP contribution in [-0.4, -0.2) is 46.5 Å². The highest BCUT2D eigenvalue weighted by atomic mass is 32.2. The fourth-order valence-corrected chi connectivity index (χ4v) is 4.04. The Kier molecular flexibility index (Phi) is 5.13. The standard InChI is InChI=1S/C14H23NO3S/c1-19-9-12-3-2-8-15(12)13(16)10-4-6-11(7-5-10)14(17)18/h10-12H,2-9H2,1H3,(H,17,18). The second-order valence-electron chi connectivity index (χ2n) is 5.67. The number of rotatable bonds is 4. The van der Waals surface area contributed by atoms with Crippen LogP contribution in [-0.2, 0) is 9.59 Å². The monoisotopic (exact) mass is 285 g/mol. The molecule has 0 aromatic carbocycles. The Balaban J connectivity index is 1.88. The van der Waals surface area contributed by atoms with Crippen molar-refractivity contribution in [2.45, 2.75) is 44.6 Å². The lowest BCUT2D eigenvalue weighted by molar-refractivity contribution is -0.145. The highest BCUT2D eigenvalue weighted by Gasteiger charge is 2.35. The molecule has 0 aromatic heterocycles. The average molecular weight is 285 g/mol. The Bertz CT molecular complexity index is 340. The van der Waals surface area contributed by atoms with Crippen LogP contribution < -0.4 is 0 Å². The van der Waals surface area contributed by atoms with Crippen molar-refractivity contribution >= 4 is 23.6 Å². The first-order chi connectivity index (χ1) is 9.13. The minimum Gasteiger partial charge on any atom is -0.481 e. The molecule has 1 amide bonds. The van der Waals surface area contributed by atoms with Crippen molar-refractivity contribution in [2.75, 3.05) is 18.6 Å². The summed E-state index contributed by atoms with van der Waals surface area (Å²) >= 11 is 1.80. The summed E-state index contributed by atoms with van der Waals surface area (Å²) in [5.41, 5.74) is 0. The number of carboxylic acid groups (broad SMARTS) is 1. The Hall–Kier alpha value is -0.710. The average Bonchev–Trinajstić information content (AvgIpc) is 2.87. The van der Waals surface area contributed by atoms with Gasteiger partial charge in [0.15, 0.2) is 0 Å². The highest BCUT2D eigenvalue weighted by Crippen LogP contribution is 2.32. The first-order valence-corrected chi connectivity index (χ1v) is 8.55. The fraction of sp³-hybridized carbons (Fsp3) is 0.857. The predicted octanol–water partition coefficient (Wildman–Crippen LogP) is 2.23. The predicted molar refractivity (Wildman–Crippen MR) is 76.2 cm³/mol. The van der Waals surface area contributed by atoms with E-state index in [1.54, 1.807) is 11.8 Å². The van der Waals surface area contributed by atoms with Gasteiger partial charge < -0.3 is 10.0 Å². The summed E-state index contributed by atoms with van der Waals surface area (Å²) < 4.78 is 0. The van der Waals surface area contributed by atoms with Gasteiger partial charge in [-0.2, -0.15) is 11.8 Å². The highest BCUT2D eigenvalue weighted by molar-refractivity contribution is 7.98. The third kappa shape index (κ3) is 3.44. The Labute approximate surface area is 118 Å². The van der Waals surface area contributed by atoms with Crippen molar-refractivity contribution in [3.63, 3.8) is 0 Å². The summed E-state index contributed by atoms with van der Waals surface area (Å²) in [6.45, 7) is 0.892. The lowest BCUT2D eigenvalue weighted by Gasteiger charge is -2.31. The first-order valence-electron chi connectivity index (χ1n) is 7.15. The molecule has 1 N–H and O–H groups in total. The van der Waals surface area contributed by atoms with E-state index in [-0.39, 0.29) is 17.7 Å². The third-order valence-corrected chi connectivity index (χ3v) is 5.16. The number of carbonyl (C=O) groups is 2. The Morgan fingerprint density at radius 3 is 2.37 bits per heavy atom. The van der Waals surface area contributed by atoms with E-state index in [1.165, 1.54) is 0 Å². The van der Waals surface area contributed by atoms with Gasteiger partial charge in [-0.3, -0.25) is 9.59 Å². The third-order valence-electron chi connectivity index (χ3n) is 4.44. The maximum absolute atomic E-state index is 12.5. The lowest BCUT2D eigenvalue weighted by Crippen LogP contribution is -2.42. The minimum atomic E-state index is -0.702.